The summed E-state index contributed by atoms with van der Waals surface area (Å²) in [6.07, 6.45) is -2.51. The standard InChI is InChI=1S/C11H9F3O3/c12-11(13,14)17-9-6-2-1-4-8(9)5-3-7-10(15)16/h1-6H,7H2,(H,15,16). The zero-order chi connectivity index (χ0) is 12.9. The fraction of sp³-hybridized carbons (Fsp3) is 0.182. The second kappa shape index (κ2) is 5.38. The van der Waals surface area contributed by atoms with Crippen molar-refractivity contribution in [2.75, 3.05) is 0 Å². The molecule has 0 atom stereocenters. The van der Waals surface area contributed by atoms with E-state index in [2.05, 4.69) is 4.74 Å². The molecule has 0 aliphatic rings. The van der Waals surface area contributed by atoms with Gasteiger partial charge in [-0.3, -0.25) is 4.79 Å². The molecule has 0 bridgehead atoms. The van der Waals surface area contributed by atoms with Crippen LogP contribution in [0, 0.1) is 0 Å². The zero-order valence-corrected chi connectivity index (χ0v) is 8.57. The van der Waals surface area contributed by atoms with Crippen molar-refractivity contribution in [1.29, 1.82) is 0 Å². The highest BCUT2D eigenvalue weighted by Crippen LogP contribution is 2.26. The Morgan fingerprint density at radius 2 is 2.00 bits per heavy atom. The maximum atomic E-state index is 12.0. The zero-order valence-electron chi connectivity index (χ0n) is 8.57. The van der Waals surface area contributed by atoms with Crippen molar-refractivity contribution in [2.24, 2.45) is 0 Å². The predicted octanol–water partition coefficient (Wildman–Crippen LogP) is 3.07. The number of hydrogen-bond donors (Lipinski definition) is 1. The molecule has 0 heterocycles. The average Bonchev–Trinajstić information content (AvgIpc) is 2.17. The predicted molar refractivity (Wildman–Crippen MR) is 54.4 cm³/mol. The van der Waals surface area contributed by atoms with Gasteiger partial charge in [0.15, 0.2) is 0 Å². The molecule has 92 valence electrons. The molecule has 0 aliphatic heterocycles. The molecule has 0 aliphatic carbocycles. The summed E-state index contributed by atoms with van der Waals surface area (Å²) in [6, 6.07) is 5.49. The molecule has 0 fully saturated rings. The third-order valence-corrected chi connectivity index (χ3v) is 1.73. The van der Waals surface area contributed by atoms with E-state index in [0.29, 0.717) is 0 Å². The minimum atomic E-state index is -4.77. The van der Waals surface area contributed by atoms with E-state index in [1.165, 1.54) is 30.4 Å². The Morgan fingerprint density at radius 3 is 2.59 bits per heavy atom. The number of rotatable bonds is 4. The van der Waals surface area contributed by atoms with Crippen LogP contribution in [-0.4, -0.2) is 17.4 Å². The van der Waals surface area contributed by atoms with Crippen LogP contribution in [0.1, 0.15) is 12.0 Å². The highest BCUT2D eigenvalue weighted by atomic mass is 19.4. The van der Waals surface area contributed by atoms with E-state index in [0.717, 1.165) is 6.07 Å². The summed E-state index contributed by atoms with van der Waals surface area (Å²) in [5, 5.41) is 8.38. The first-order chi connectivity index (χ1) is 7.88. The smallest absolute Gasteiger partial charge is 0.481 e. The van der Waals surface area contributed by atoms with Gasteiger partial charge in [0.2, 0.25) is 0 Å². The van der Waals surface area contributed by atoms with E-state index in [1.54, 1.807) is 0 Å². The molecule has 1 aromatic rings. The van der Waals surface area contributed by atoms with Crippen molar-refractivity contribution in [3.8, 4) is 5.75 Å². The number of carboxylic acid groups (broad SMARTS) is 1. The highest BCUT2D eigenvalue weighted by Gasteiger charge is 2.31. The molecule has 0 saturated heterocycles. The van der Waals surface area contributed by atoms with Gasteiger partial charge in [0.25, 0.3) is 0 Å². The molecule has 0 saturated carbocycles. The van der Waals surface area contributed by atoms with Crippen molar-refractivity contribution in [3.63, 3.8) is 0 Å². The molecular formula is C11H9F3O3. The number of carbonyl (C=O) groups is 1. The lowest BCUT2D eigenvalue weighted by Crippen LogP contribution is -2.17. The maximum Gasteiger partial charge on any atom is 0.573 e. The first-order valence-corrected chi connectivity index (χ1v) is 4.61. The Bertz CT molecular complexity index is 424. The van der Waals surface area contributed by atoms with E-state index in [4.69, 9.17) is 5.11 Å². The first kappa shape index (κ1) is 13.1. The topological polar surface area (TPSA) is 46.5 Å². The lowest BCUT2D eigenvalue weighted by Gasteiger charge is -2.10. The number of halogens is 3. The Kier molecular flexibility index (Phi) is 4.14. The number of benzene rings is 1. The molecule has 0 unspecified atom stereocenters. The van der Waals surface area contributed by atoms with E-state index in [-0.39, 0.29) is 17.7 Å². The quantitative estimate of drug-likeness (QED) is 0.888. The van der Waals surface area contributed by atoms with Gasteiger partial charge in [-0.2, -0.15) is 0 Å². The van der Waals surface area contributed by atoms with E-state index >= 15 is 0 Å². The van der Waals surface area contributed by atoms with Crippen molar-refractivity contribution < 1.29 is 27.8 Å². The van der Waals surface area contributed by atoms with Gasteiger partial charge in [-0.15, -0.1) is 13.2 Å². The third-order valence-electron chi connectivity index (χ3n) is 1.73. The van der Waals surface area contributed by atoms with Crippen molar-refractivity contribution in [1.82, 2.24) is 0 Å². The van der Waals surface area contributed by atoms with Crippen LogP contribution in [0.5, 0.6) is 5.75 Å². The molecule has 0 radical (unpaired) electrons. The van der Waals surface area contributed by atoms with Gasteiger partial charge in [0.05, 0.1) is 6.42 Å². The molecule has 3 nitrogen and oxygen atoms in total. The summed E-state index contributed by atoms with van der Waals surface area (Å²) in [5.41, 5.74) is 0.172. The first-order valence-electron chi connectivity index (χ1n) is 4.61. The minimum Gasteiger partial charge on any atom is -0.481 e. The van der Waals surface area contributed by atoms with Crippen molar-refractivity contribution in [2.45, 2.75) is 12.8 Å². The molecular weight excluding hydrogens is 237 g/mol. The molecule has 1 N–H and O–H groups in total. The third kappa shape index (κ3) is 5.05. The molecule has 0 aromatic heterocycles. The lowest BCUT2D eigenvalue weighted by atomic mass is 10.2. The summed E-state index contributed by atoms with van der Waals surface area (Å²) < 4.78 is 39.9. The van der Waals surface area contributed by atoms with E-state index in [9.17, 15) is 18.0 Å². The molecule has 1 rings (SSSR count). The van der Waals surface area contributed by atoms with Crippen molar-refractivity contribution in [3.05, 3.63) is 35.9 Å². The Labute approximate surface area is 95.1 Å². The number of alkyl halides is 3. The van der Waals surface area contributed by atoms with Crippen LogP contribution in [0.25, 0.3) is 6.08 Å². The largest absolute Gasteiger partial charge is 0.573 e. The van der Waals surface area contributed by atoms with Crippen LogP contribution in [0.3, 0.4) is 0 Å². The maximum absolute atomic E-state index is 12.0. The SMILES string of the molecule is O=C(O)CC=Cc1ccccc1OC(F)(F)F. The number of para-hydroxylation sites is 1. The second-order valence-corrected chi connectivity index (χ2v) is 3.09. The Hall–Kier alpha value is -1.98. The van der Waals surface area contributed by atoms with E-state index in [1.807, 2.05) is 0 Å². The number of aliphatic carboxylic acids is 1. The summed E-state index contributed by atoms with van der Waals surface area (Å²) >= 11 is 0. The van der Waals surface area contributed by atoms with Gasteiger partial charge in [0.1, 0.15) is 5.75 Å². The van der Waals surface area contributed by atoms with Gasteiger partial charge >= 0.3 is 12.3 Å². The van der Waals surface area contributed by atoms with Crippen LogP contribution in [0.4, 0.5) is 13.2 Å². The summed E-state index contributed by atoms with van der Waals surface area (Å²) in [4.78, 5) is 10.2. The average molecular weight is 246 g/mol. The summed E-state index contributed by atoms with van der Waals surface area (Å²) in [6.45, 7) is 0. The van der Waals surface area contributed by atoms with E-state index < -0.39 is 12.3 Å². The van der Waals surface area contributed by atoms with Crippen molar-refractivity contribution >= 4 is 12.0 Å². The summed E-state index contributed by atoms with van der Waals surface area (Å²) in [7, 11) is 0. The minimum absolute atomic E-state index is 0.172. The van der Waals surface area contributed by atoms with Crippen LogP contribution < -0.4 is 4.74 Å². The van der Waals surface area contributed by atoms with Gasteiger partial charge in [-0.1, -0.05) is 30.4 Å². The van der Waals surface area contributed by atoms with Crippen LogP contribution in [-0.2, 0) is 4.79 Å². The number of hydrogen-bond acceptors (Lipinski definition) is 2. The molecule has 6 heteroatoms. The Balaban J connectivity index is 2.84. The molecule has 17 heavy (non-hydrogen) atoms. The van der Waals surface area contributed by atoms with Gasteiger partial charge in [-0.25, -0.2) is 0 Å². The molecule has 0 amide bonds. The normalized spacial score (nSPS) is 11.7. The van der Waals surface area contributed by atoms with Gasteiger partial charge < -0.3 is 9.84 Å². The van der Waals surface area contributed by atoms with Crippen LogP contribution in [0.15, 0.2) is 30.3 Å². The van der Waals surface area contributed by atoms with Crippen LogP contribution >= 0.6 is 0 Å². The van der Waals surface area contributed by atoms with Gasteiger partial charge in [-0.05, 0) is 6.07 Å². The van der Waals surface area contributed by atoms with Gasteiger partial charge in [0, 0.05) is 5.56 Å². The highest BCUT2D eigenvalue weighted by molar-refractivity contribution is 5.71. The number of carboxylic acids is 1. The lowest BCUT2D eigenvalue weighted by molar-refractivity contribution is -0.274. The molecule has 0 spiro atoms. The summed E-state index contributed by atoms with van der Waals surface area (Å²) in [5.74, 6) is -1.42. The Morgan fingerprint density at radius 1 is 1.35 bits per heavy atom. The fourth-order valence-electron chi connectivity index (χ4n) is 1.12. The second-order valence-electron chi connectivity index (χ2n) is 3.09. The van der Waals surface area contributed by atoms with Crippen LogP contribution in [0.2, 0.25) is 0 Å². The molecule has 1 aromatic carbocycles. The number of ether oxygens (including phenoxy) is 1. The fourth-order valence-corrected chi connectivity index (χ4v) is 1.12. The monoisotopic (exact) mass is 246 g/mol.